The first-order chi connectivity index (χ1) is 11.5. The van der Waals surface area contributed by atoms with Gasteiger partial charge in [0, 0.05) is 18.2 Å². The Morgan fingerprint density at radius 1 is 1.29 bits per heavy atom. The van der Waals surface area contributed by atoms with Gasteiger partial charge in [0.1, 0.15) is 6.54 Å². The molecule has 0 atom stereocenters. The lowest BCUT2D eigenvalue weighted by Crippen LogP contribution is -2.34. The fourth-order valence-electron chi connectivity index (χ4n) is 2.29. The van der Waals surface area contributed by atoms with Crippen molar-refractivity contribution in [3.8, 4) is 22.8 Å². The SMILES string of the molecule is CC(C)CNC(=O)Cn1cnc(-c2ccc3c(c2)OCO3)cc1=O. The third kappa shape index (κ3) is 3.56. The van der Waals surface area contributed by atoms with Crippen LogP contribution in [0, 0.1) is 5.92 Å². The van der Waals surface area contributed by atoms with Gasteiger partial charge in [-0.2, -0.15) is 0 Å². The lowest BCUT2D eigenvalue weighted by molar-refractivity contribution is -0.121. The first-order valence-corrected chi connectivity index (χ1v) is 7.76. The van der Waals surface area contributed by atoms with Crippen molar-refractivity contribution in [1.82, 2.24) is 14.9 Å². The molecule has 2 aromatic rings. The summed E-state index contributed by atoms with van der Waals surface area (Å²) < 4.78 is 11.9. The van der Waals surface area contributed by atoms with E-state index < -0.39 is 0 Å². The lowest BCUT2D eigenvalue weighted by atomic mass is 10.1. The van der Waals surface area contributed by atoms with Gasteiger partial charge in [-0.3, -0.25) is 14.2 Å². The quantitative estimate of drug-likeness (QED) is 0.897. The number of amides is 1. The van der Waals surface area contributed by atoms with Crippen LogP contribution in [0.4, 0.5) is 0 Å². The van der Waals surface area contributed by atoms with Gasteiger partial charge in [-0.25, -0.2) is 4.98 Å². The second-order valence-corrected chi connectivity index (χ2v) is 6.01. The van der Waals surface area contributed by atoms with Crippen LogP contribution in [-0.4, -0.2) is 28.8 Å². The van der Waals surface area contributed by atoms with Crippen LogP contribution in [0.5, 0.6) is 11.5 Å². The van der Waals surface area contributed by atoms with E-state index in [1.165, 1.54) is 17.0 Å². The summed E-state index contributed by atoms with van der Waals surface area (Å²) in [4.78, 5) is 28.3. The van der Waals surface area contributed by atoms with Crippen molar-refractivity contribution in [2.24, 2.45) is 5.92 Å². The molecule has 1 N–H and O–H groups in total. The summed E-state index contributed by atoms with van der Waals surface area (Å²) in [5.74, 6) is 1.46. The average molecular weight is 329 g/mol. The third-order valence-corrected chi connectivity index (χ3v) is 3.57. The minimum Gasteiger partial charge on any atom is -0.454 e. The molecule has 1 aliphatic heterocycles. The molecule has 0 aliphatic carbocycles. The molecular weight excluding hydrogens is 310 g/mol. The fourth-order valence-corrected chi connectivity index (χ4v) is 2.29. The van der Waals surface area contributed by atoms with Crippen molar-refractivity contribution in [2.45, 2.75) is 20.4 Å². The normalized spacial score (nSPS) is 12.5. The molecule has 0 radical (unpaired) electrons. The van der Waals surface area contributed by atoms with Gasteiger partial charge in [0.25, 0.3) is 5.56 Å². The molecule has 1 amide bonds. The molecule has 24 heavy (non-hydrogen) atoms. The van der Waals surface area contributed by atoms with Crippen LogP contribution in [0.2, 0.25) is 0 Å². The number of carbonyl (C=O) groups is 1. The predicted molar refractivity (Wildman–Crippen MR) is 87.9 cm³/mol. The van der Waals surface area contributed by atoms with Crippen molar-refractivity contribution in [3.05, 3.63) is 40.9 Å². The molecule has 0 unspecified atom stereocenters. The highest BCUT2D eigenvalue weighted by molar-refractivity contribution is 5.75. The standard InChI is InChI=1S/C17H19N3O4/c1-11(2)7-18-16(21)8-20-9-19-13(6-17(20)22)12-3-4-14-15(5-12)24-10-23-14/h3-6,9,11H,7-8,10H2,1-2H3,(H,18,21). The maximum atomic E-state index is 12.2. The van der Waals surface area contributed by atoms with Gasteiger partial charge in [0.05, 0.1) is 12.0 Å². The zero-order valence-corrected chi connectivity index (χ0v) is 13.6. The highest BCUT2D eigenvalue weighted by atomic mass is 16.7. The number of nitrogens with one attached hydrogen (secondary N) is 1. The first kappa shape index (κ1) is 16.0. The zero-order valence-electron chi connectivity index (χ0n) is 13.6. The molecule has 1 aromatic carbocycles. The Morgan fingerprint density at radius 2 is 2.08 bits per heavy atom. The molecule has 2 heterocycles. The minimum atomic E-state index is -0.280. The fraction of sp³-hybridized carbons (Fsp3) is 0.353. The molecule has 0 saturated carbocycles. The van der Waals surface area contributed by atoms with Crippen molar-refractivity contribution in [2.75, 3.05) is 13.3 Å². The van der Waals surface area contributed by atoms with E-state index in [0.717, 1.165) is 5.56 Å². The van der Waals surface area contributed by atoms with Crippen LogP contribution in [0.25, 0.3) is 11.3 Å². The molecule has 1 aromatic heterocycles. The van der Waals surface area contributed by atoms with E-state index in [1.807, 2.05) is 19.9 Å². The number of benzene rings is 1. The van der Waals surface area contributed by atoms with Gasteiger partial charge in [0.15, 0.2) is 11.5 Å². The maximum absolute atomic E-state index is 12.2. The van der Waals surface area contributed by atoms with Gasteiger partial charge < -0.3 is 14.8 Å². The number of rotatable bonds is 5. The van der Waals surface area contributed by atoms with Gasteiger partial charge in [-0.1, -0.05) is 13.8 Å². The Morgan fingerprint density at radius 3 is 2.83 bits per heavy atom. The molecule has 7 nitrogen and oxygen atoms in total. The van der Waals surface area contributed by atoms with E-state index in [1.54, 1.807) is 12.1 Å². The molecule has 0 bridgehead atoms. The summed E-state index contributed by atoms with van der Waals surface area (Å²) in [5.41, 5.74) is 1.00. The van der Waals surface area contributed by atoms with E-state index in [9.17, 15) is 9.59 Å². The topological polar surface area (TPSA) is 82.5 Å². The van der Waals surface area contributed by atoms with E-state index in [0.29, 0.717) is 29.7 Å². The van der Waals surface area contributed by atoms with E-state index in [4.69, 9.17) is 9.47 Å². The Bertz CT molecular complexity index is 814. The minimum absolute atomic E-state index is 0.0417. The van der Waals surface area contributed by atoms with Gasteiger partial charge in [0.2, 0.25) is 12.7 Å². The molecule has 7 heteroatoms. The summed E-state index contributed by atoms with van der Waals surface area (Å²) >= 11 is 0. The van der Waals surface area contributed by atoms with E-state index in [-0.39, 0.29) is 24.8 Å². The molecule has 1 aliphatic rings. The van der Waals surface area contributed by atoms with E-state index >= 15 is 0 Å². The second-order valence-electron chi connectivity index (χ2n) is 6.01. The van der Waals surface area contributed by atoms with Crippen molar-refractivity contribution in [1.29, 1.82) is 0 Å². The zero-order chi connectivity index (χ0) is 17.1. The number of carbonyl (C=O) groups excluding carboxylic acids is 1. The molecule has 0 saturated heterocycles. The monoisotopic (exact) mass is 329 g/mol. The number of hydrogen-bond donors (Lipinski definition) is 1. The van der Waals surface area contributed by atoms with Crippen LogP contribution >= 0.6 is 0 Å². The number of ether oxygens (including phenoxy) is 2. The summed E-state index contributed by atoms with van der Waals surface area (Å²) in [5, 5.41) is 2.78. The van der Waals surface area contributed by atoms with Crippen molar-refractivity contribution in [3.63, 3.8) is 0 Å². The Kier molecular flexibility index (Phi) is 4.50. The molecule has 126 valence electrons. The average Bonchev–Trinajstić information content (AvgIpc) is 3.02. The largest absolute Gasteiger partial charge is 0.454 e. The van der Waals surface area contributed by atoms with Crippen LogP contribution in [-0.2, 0) is 11.3 Å². The van der Waals surface area contributed by atoms with Crippen molar-refractivity contribution >= 4 is 5.91 Å². The number of fused-ring (bicyclic) bond motifs is 1. The molecule has 0 spiro atoms. The van der Waals surface area contributed by atoms with E-state index in [2.05, 4.69) is 10.3 Å². The first-order valence-electron chi connectivity index (χ1n) is 7.76. The summed E-state index contributed by atoms with van der Waals surface area (Å²) in [6.45, 7) is 4.75. The summed E-state index contributed by atoms with van der Waals surface area (Å²) in [6.07, 6.45) is 1.39. The van der Waals surface area contributed by atoms with Crippen LogP contribution in [0.15, 0.2) is 35.4 Å². The predicted octanol–water partition coefficient (Wildman–Crippen LogP) is 1.41. The second kappa shape index (κ2) is 6.74. The lowest BCUT2D eigenvalue weighted by Gasteiger charge is -2.09. The number of nitrogens with zero attached hydrogens (tertiary/aromatic N) is 2. The van der Waals surface area contributed by atoms with Gasteiger partial charge in [-0.15, -0.1) is 0 Å². The van der Waals surface area contributed by atoms with Crippen LogP contribution in [0.3, 0.4) is 0 Å². The highest BCUT2D eigenvalue weighted by Gasteiger charge is 2.15. The van der Waals surface area contributed by atoms with Crippen LogP contribution < -0.4 is 20.3 Å². The summed E-state index contributed by atoms with van der Waals surface area (Å²) in [6, 6.07) is 6.79. The number of hydrogen-bond acceptors (Lipinski definition) is 5. The van der Waals surface area contributed by atoms with Gasteiger partial charge >= 0.3 is 0 Å². The maximum Gasteiger partial charge on any atom is 0.254 e. The highest BCUT2D eigenvalue weighted by Crippen LogP contribution is 2.35. The third-order valence-electron chi connectivity index (χ3n) is 3.57. The molecular formula is C17H19N3O4. The Labute approximate surface area is 139 Å². The molecule has 0 fully saturated rings. The van der Waals surface area contributed by atoms with Crippen LogP contribution in [0.1, 0.15) is 13.8 Å². The Balaban J connectivity index is 1.75. The van der Waals surface area contributed by atoms with Gasteiger partial charge in [-0.05, 0) is 24.1 Å². The summed E-state index contributed by atoms with van der Waals surface area (Å²) in [7, 11) is 0. The number of aromatic nitrogens is 2. The smallest absolute Gasteiger partial charge is 0.254 e. The Hall–Kier alpha value is -2.83. The van der Waals surface area contributed by atoms with Crippen molar-refractivity contribution < 1.29 is 14.3 Å². The molecule has 3 rings (SSSR count).